The molecule has 38 heavy (non-hydrogen) atoms. The maximum Gasteiger partial charge on any atom is 0.306 e. The van der Waals surface area contributed by atoms with E-state index >= 15 is 0 Å². The molecule has 0 amide bonds. The summed E-state index contributed by atoms with van der Waals surface area (Å²) in [5.41, 5.74) is -1.86. The average Bonchev–Trinajstić information content (AvgIpc) is 3.56. The molecule has 9 heteroatoms. The summed E-state index contributed by atoms with van der Waals surface area (Å²) >= 11 is 6.88. The molecule has 206 valence electrons. The SMILES string of the molecule is CC(=O)O[C@]1(C(C)=O)CCC2C3C=C(Cl)C4=CC(=O)[C@@H]5C[C@@H]5[C@]4(C)C3[C@H](OC(=O)CCCC(=O)O)C[C@@]21C. The standard InChI is InChI=1S/C29H35ClO8/c1-14(31)29(38-15(2)32)9-8-18-17-11-21(30)20-12-22(33)16-10-19(16)28(20,4)26(17)23(13-27(18,29)3)37-25(36)7-5-6-24(34)35/h11-12,16-19,23,26H,5-10,13H2,1-4H3,(H,34,35)/t16-,17?,18?,19+,23-,26?,27+,28+,29+/m1/s1. The number of Topliss-reactive ketones (excluding diaryl/α,β-unsaturated/α-hetero) is 1. The van der Waals surface area contributed by atoms with Crippen LogP contribution in [0.1, 0.15) is 72.6 Å². The van der Waals surface area contributed by atoms with E-state index in [9.17, 15) is 24.0 Å². The molecule has 3 unspecified atom stereocenters. The lowest BCUT2D eigenvalue weighted by molar-refractivity contribution is -0.201. The number of ketones is 2. The summed E-state index contributed by atoms with van der Waals surface area (Å²) in [6, 6.07) is 0. The van der Waals surface area contributed by atoms with Crippen molar-refractivity contribution in [2.24, 2.45) is 40.4 Å². The molecule has 0 aliphatic heterocycles. The molecule has 0 saturated heterocycles. The number of esters is 2. The van der Waals surface area contributed by atoms with E-state index in [-0.39, 0.29) is 60.4 Å². The topological polar surface area (TPSA) is 124 Å². The van der Waals surface area contributed by atoms with E-state index in [0.29, 0.717) is 24.3 Å². The van der Waals surface area contributed by atoms with Crippen molar-refractivity contribution in [2.75, 3.05) is 0 Å². The van der Waals surface area contributed by atoms with E-state index in [4.69, 9.17) is 26.2 Å². The minimum absolute atomic E-state index is 0.0390. The van der Waals surface area contributed by atoms with Gasteiger partial charge in [-0.25, -0.2) is 0 Å². The molecule has 5 aliphatic carbocycles. The number of carbonyl (C=O) groups excluding carboxylic acids is 4. The maximum atomic E-state index is 13.2. The van der Waals surface area contributed by atoms with E-state index in [2.05, 4.69) is 6.92 Å². The number of rotatable bonds is 7. The lowest BCUT2D eigenvalue weighted by Crippen LogP contribution is -2.63. The predicted octanol–water partition coefficient (Wildman–Crippen LogP) is 4.38. The molecule has 0 aromatic rings. The summed E-state index contributed by atoms with van der Waals surface area (Å²) in [5, 5.41) is 9.51. The molecule has 0 aromatic carbocycles. The summed E-state index contributed by atoms with van der Waals surface area (Å²) in [7, 11) is 0. The van der Waals surface area contributed by atoms with Crippen LogP contribution in [0.2, 0.25) is 0 Å². The zero-order chi connectivity index (χ0) is 27.8. The van der Waals surface area contributed by atoms with E-state index < -0.39 is 40.4 Å². The number of fused-ring (bicyclic) bond motifs is 7. The van der Waals surface area contributed by atoms with Crippen molar-refractivity contribution in [1.29, 1.82) is 0 Å². The predicted molar refractivity (Wildman–Crippen MR) is 136 cm³/mol. The van der Waals surface area contributed by atoms with Gasteiger partial charge in [-0.1, -0.05) is 31.5 Å². The van der Waals surface area contributed by atoms with Gasteiger partial charge >= 0.3 is 17.9 Å². The fourth-order valence-electron chi connectivity index (χ4n) is 8.82. The summed E-state index contributed by atoms with van der Waals surface area (Å²) in [4.78, 5) is 62.1. The van der Waals surface area contributed by atoms with Crippen LogP contribution in [0.3, 0.4) is 0 Å². The molecule has 5 rings (SSSR count). The zero-order valence-corrected chi connectivity index (χ0v) is 23.0. The number of allylic oxidation sites excluding steroid dienone is 4. The van der Waals surface area contributed by atoms with Gasteiger partial charge in [0, 0.05) is 47.5 Å². The highest BCUT2D eigenvalue weighted by Gasteiger charge is 2.73. The van der Waals surface area contributed by atoms with E-state index in [1.54, 1.807) is 6.08 Å². The van der Waals surface area contributed by atoms with Crippen molar-refractivity contribution in [2.45, 2.75) is 84.3 Å². The first-order chi connectivity index (χ1) is 17.8. The third-order valence-electron chi connectivity index (χ3n) is 10.5. The van der Waals surface area contributed by atoms with E-state index in [0.717, 1.165) is 12.0 Å². The Bertz CT molecular complexity index is 1190. The van der Waals surface area contributed by atoms with Crippen molar-refractivity contribution in [3.63, 3.8) is 0 Å². The molecular weight excluding hydrogens is 512 g/mol. The molecule has 5 aliphatic rings. The summed E-state index contributed by atoms with van der Waals surface area (Å²) < 4.78 is 12.0. The zero-order valence-electron chi connectivity index (χ0n) is 22.3. The molecule has 0 heterocycles. The maximum absolute atomic E-state index is 13.2. The fourth-order valence-corrected chi connectivity index (χ4v) is 9.23. The number of hydrogen-bond donors (Lipinski definition) is 1. The number of carboxylic acids is 1. The second kappa shape index (κ2) is 9.04. The Morgan fingerprint density at radius 3 is 2.47 bits per heavy atom. The van der Waals surface area contributed by atoms with Crippen molar-refractivity contribution in [3.8, 4) is 0 Å². The van der Waals surface area contributed by atoms with Crippen LogP contribution in [0.4, 0.5) is 0 Å². The van der Waals surface area contributed by atoms with Gasteiger partial charge in [0.2, 0.25) is 0 Å². The fraction of sp³-hybridized carbons (Fsp3) is 0.690. The van der Waals surface area contributed by atoms with E-state index in [1.165, 1.54) is 13.8 Å². The Morgan fingerprint density at radius 2 is 1.84 bits per heavy atom. The number of aliphatic carboxylic acids is 1. The van der Waals surface area contributed by atoms with Gasteiger partial charge < -0.3 is 14.6 Å². The van der Waals surface area contributed by atoms with Gasteiger partial charge in [-0.15, -0.1) is 0 Å². The number of hydrogen-bond acceptors (Lipinski definition) is 7. The Balaban J connectivity index is 1.59. The second-order valence-corrected chi connectivity index (χ2v) is 12.7. The molecule has 3 saturated carbocycles. The molecule has 0 aromatic heterocycles. The third kappa shape index (κ3) is 3.81. The number of halogens is 1. The lowest BCUT2D eigenvalue weighted by atomic mass is 9.46. The Morgan fingerprint density at radius 1 is 1.13 bits per heavy atom. The summed E-state index contributed by atoms with van der Waals surface area (Å²) in [6.45, 7) is 6.82. The van der Waals surface area contributed by atoms with Gasteiger partial charge in [0.1, 0.15) is 6.10 Å². The van der Waals surface area contributed by atoms with Crippen LogP contribution >= 0.6 is 11.6 Å². The Hall–Kier alpha value is -2.48. The van der Waals surface area contributed by atoms with Crippen molar-refractivity contribution >= 4 is 41.1 Å². The first-order valence-electron chi connectivity index (χ1n) is 13.5. The smallest absolute Gasteiger partial charge is 0.306 e. The van der Waals surface area contributed by atoms with Gasteiger partial charge in [-0.05, 0) is 68.4 Å². The van der Waals surface area contributed by atoms with Gasteiger partial charge in [0.05, 0.1) is 0 Å². The number of carbonyl (C=O) groups is 5. The molecule has 9 atom stereocenters. The van der Waals surface area contributed by atoms with Gasteiger partial charge in [-0.3, -0.25) is 24.0 Å². The minimum Gasteiger partial charge on any atom is -0.481 e. The quantitative estimate of drug-likeness (QED) is 0.466. The van der Waals surface area contributed by atoms with Gasteiger partial charge in [0.15, 0.2) is 17.2 Å². The van der Waals surface area contributed by atoms with Crippen LogP contribution in [0, 0.1) is 40.4 Å². The van der Waals surface area contributed by atoms with Crippen LogP contribution in [-0.2, 0) is 33.4 Å². The first kappa shape index (κ1) is 27.1. The van der Waals surface area contributed by atoms with E-state index in [1.807, 2.05) is 13.0 Å². The molecule has 0 bridgehead atoms. The molecule has 0 radical (unpaired) electrons. The number of ether oxygens (including phenoxy) is 2. The van der Waals surface area contributed by atoms with Gasteiger partial charge in [-0.2, -0.15) is 0 Å². The Labute approximate surface area is 227 Å². The minimum atomic E-state index is -1.34. The third-order valence-corrected chi connectivity index (χ3v) is 10.8. The van der Waals surface area contributed by atoms with Crippen molar-refractivity contribution < 1.29 is 38.6 Å². The van der Waals surface area contributed by atoms with Gasteiger partial charge in [0.25, 0.3) is 0 Å². The van der Waals surface area contributed by atoms with Crippen LogP contribution in [0.5, 0.6) is 0 Å². The van der Waals surface area contributed by atoms with Crippen LogP contribution in [0.15, 0.2) is 22.8 Å². The molecule has 1 N–H and O–H groups in total. The first-order valence-corrected chi connectivity index (χ1v) is 13.9. The highest BCUT2D eigenvalue weighted by Crippen LogP contribution is 2.72. The molecule has 3 fully saturated rings. The van der Waals surface area contributed by atoms with Crippen molar-refractivity contribution in [1.82, 2.24) is 0 Å². The lowest BCUT2D eigenvalue weighted by Gasteiger charge is -2.60. The van der Waals surface area contributed by atoms with Crippen molar-refractivity contribution in [3.05, 3.63) is 22.8 Å². The highest BCUT2D eigenvalue weighted by molar-refractivity contribution is 6.32. The largest absolute Gasteiger partial charge is 0.481 e. The second-order valence-electron chi connectivity index (χ2n) is 12.3. The average molecular weight is 547 g/mol. The Kier molecular flexibility index (Phi) is 6.44. The summed E-state index contributed by atoms with van der Waals surface area (Å²) in [5.74, 6) is -2.52. The monoisotopic (exact) mass is 546 g/mol. The molecule has 0 spiro atoms. The molecular formula is C29H35ClO8. The highest BCUT2D eigenvalue weighted by atomic mass is 35.5. The number of carboxylic acid groups (broad SMARTS) is 1. The van der Waals surface area contributed by atoms with Crippen LogP contribution in [0.25, 0.3) is 0 Å². The summed E-state index contributed by atoms with van der Waals surface area (Å²) in [6.07, 6.45) is 5.08. The van der Waals surface area contributed by atoms with Crippen LogP contribution < -0.4 is 0 Å². The normalized spacial score (nSPS) is 42.4. The van der Waals surface area contributed by atoms with Crippen LogP contribution in [-0.4, -0.2) is 46.3 Å². The molecule has 8 nitrogen and oxygen atoms in total.